The van der Waals surface area contributed by atoms with Gasteiger partial charge in [-0.25, -0.2) is 4.79 Å². The van der Waals surface area contributed by atoms with Gasteiger partial charge in [-0.2, -0.15) is 0 Å². The van der Waals surface area contributed by atoms with Gasteiger partial charge in [0.1, 0.15) is 11.3 Å². The zero-order chi connectivity index (χ0) is 17.1. The van der Waals surface area contributed by atoms with Crippen LogP contribution in [0.25, 0.3) is 0 Å². The smallest absolute Gasteiger partial charge is 0.340 e. The van der Waals surface area contributed by atoms with E-state index >= 15 is 0 Å². The van der Waals surface area contributed by atoms with Crippen molar-refractivity contribution in [3.63, 3.8) is 0 Å². The lowest BCUT2D eigenvalue weighted by atomic mass is 9.81. The molecule has 5 nitrogen and oxygen atoms in total. The minimum atomic E-state index is -0.613. The number of carbonyl (C=O) groups excluding carboxylic acids is 2. The molecule has 1 aliphatic heterocycles. The molecule has 0 bridgehead atoms. The van der Waals surface area contributed by atoms with Crippen molar-refractivity contribution >= 4 is 27.7 Å². The van der Waals surface area contributed by atoms with Gasteiger partial charge in [0.2, 0.25) is 5.88 Å². The van der Waals surface area contributed by atoms with Crippen molar-refractivity contribution in [2.45, 2.75) is 26.7 Å². The molecular formula is C17H18BrNO4. The normalized spacial score (nSPS) is 17.8. The minimum Gasteiger partial charge on any atom is -0.462 e. The summed E-state index contributed by atoms with van der Waals surface area (Å²) in [5.74, 6) is -1.01. The number of halogens is 1. The predicted octanol–water partition coefficient (Wildman–Crippen LogP) is 3.16. The first kappa shape index (κ1) is 17.3. The summed E-state index contributed by atoms with van der Waals surface area (Å²) in [5.41, 5.74) is 7.25. The van der Waals surface area contributed by atoms with Gasteiger partial charge in [0.15, 0.2) is 5.78 Å². The first-order chi connectivity index (χ1) is 10.9. The highest BCUT2D eigenvalue weighted by molar-refractivity contribution is 9.10. The summed E-state index contributed by atoms with van der Waals surface area (Å²) >= 11 is 3.41. The van der Waals surface area contributed by atoms with Crippen LogP contribution in [0.1, 0.15) is 32.3 Å². The van der Waals surface area contributed by atoms with Crippen LogP contribution in [0.5, 0.6) is 0 Å². The van der Waals surface area contributed by atoms with Crippen molar-refractivity contribution in [1.82, 2.24) is 0 Å². The van der Waals surface area contributed by atoms with E-state index in [1.165, 1.54) is 6.92 Å². The molecule has 1 heterocycles. The molecule has 0 radical (unpaired) electrons. The Morgan fingerprint density at radius 2 is 2.04 bits per heavy atom. The van der Waals surface area contributed by atoms with Crippen LogP contribution in [-0.2, 0) is 19.1 Å². The van der Waals surface area contributed by atoms with Gasteiger partial charge in [0, 0.05) is 10.0 Å². The van der Waals surface area contributed by atoms with E-state index in [9.17, 15) is 9.59 Å². The first-order valence-electron chi connectivity index (χ1n) is 7.18. The van der Waals surface area contributed by atoms with Gasteiger partial charge in [0.05, 0.1) is 12.5 Å². The summed E-state index contributed by atoms with van der Waals surface area (Å²) in [5, 5.41) is 0. The highest BCUT2D eigenvalue weighted by Crippen LogP contribution is 2.40. The second kappa shape index (κ2) is 7.00. The topological polar surface area (TPSA) is 78.6 Å². The molecule has 0 saturated carbocycles. The monoisotopic (exact) mass is 379 g/mol. The Bertz CT molecular complexity index is 721. The third-order valence-electron chi connectivity index (χ3n) is 3.54. The van der Waals surface area contributed by atoms with Crippen molar-refractivity contribution in [2.24, 2.45) is 5.73 Å². The Morgan fingerprint density at radius 3 is 2.61 bits per heavy atom. The van der Waals surface area contributed by atoms with Crippen molar-refractivity contribution in [3.8, 4) is 0 Å². The lowest BCUT2D eigenvalue weighted by molar-refractivity contribution is -0.139. The van der Waals surface area contributed by atoms with Gasteiger partial charge in [-0.05, 0) is 38.5 Å². The standard InChI is InChI=1S/C17H18BrNO4/c1-4-22-17(21)15-14(11-6-5-7-12(18)8-11)13(9(2)20)10(3)23-16(15)19/h5-8,14H,4,19H2,1-3H3/t14-/m1/s1. The Labute approximate surface area is 143 Å². The Kier molecular flexibility index (Phi) is 5.26. The Morgan fingerprint density at radius 1 is 1.35 bits per heavy atom. The van der Waals surface area contributed by atoms with Gasteiger partial charge >= 0.3 is 5.97 Å². The number of allylic oxidation sites excluding steroid dienone is 2. The van der Waals surface area contributed by atoms with Gasteiger partial charge in [-0.1, -0.05) is 28.1 Å². The zero-order valence-electron chi connectivity index (χ0n) is 13.2. The third-order valence-corrected chi connectivity index (χ3v) is 4.04. The van der Waals surface area contributed by atoms with Crippen LogP contribution in [0.15, 0.2) is 51.5 Å². The van der Waals surface area contributed by atoms with Gasteiger partial charge in [-0.15, -0.1) is 0 Å². The summed E-state index contributed by atoms with van der Waals surface area (Å²) in [6, 6.07) is 7.38. The summed E-state index contributed by atoms with van der Waals surface area (Å²) in [6.07, 6.45) is 0. The van der Waals surface area contributed by atoms with E-state index < -0.39 is 11.9 Å². The predicted molar refractivity (Wildman–Crippen MR) is 89.2 cm³/mol. The molecule has 0 saturated heterocycles. The number of carbonyl (C=O) groups is 2. The first-order valence-corrected chi connectivity index (χ1v) is 7.97. The SMILES string of the molecule is CCOC(=O)C1=C(N)OC(C)=C(C(C)=O)[C@H]1c1cccc(Br)c1. The van der Waals surface area contributed by atoms with E-state index in [1.807, 2.05) is 24.3 Å². The number of ether oxygens (including phenoxy) is 2. The molecule has 1 aromatic rings. The van der Waals surface area contributed by atoms with Crippen LogP contribution in [0.2, 0.25) is 0 Å². The van der Waals surface area contributed by atoms with Crippen LogP contribution in [0.4, 0.5) is 0 Å². The second-order valence-electron chi connectivity index (χ2n) is 5.11. The minimum absolute atomic E-state index is 0.0316. The van der Waals surface area contributed by atoms with Crippen LogP contribution in [-0.4, -0.2) is 18.4 Å². The molecule has 23 heavy (non-hydrogen) atoms. The molecule has 0 spiro atoms. The lowest BCUT2D eigenvalue weighted by Gasteiger charge is -2.28. The van der Waals surface area contributed by atoms with E-state index in [-0.39, 0.29) is 23.8 Å². The number of hydrogen-bond donors (Lipinski definition) is 1. The number of benzene rings is 1. The highest BCUT2D eigenvalue weighted by atomic mass is 79.9. The van der Waals surface area contributed by atoms with E-state index in [0.717, 1.165) is 10.0 Å². The van der Waals surface area contributed by atoms with Crippen LogP contribution < -0.4 is 5.73 Å². The molecule has 122 valence electrons. The molecule has 0 aliphatic carbocycles. The fourth-order valence-electron chi connectivity index (χ4n) is 2.66. The fourth-order valence-corrected chi connectivity index (χ4v) is 3.08. The van der Waals surface area contributed by atoms with Gasteiger partial charge in [0.25, 0.3) is 0 Å². The number of esters is 1. The molecule has 0 amide bonds. The molecule has 1 atom stereocenters. The molecule has 2 rings (SSSR count). The molecular weight excluding hydrogens is 362 g/mol. The van der Waals surface area contributed by atoms with Crippen LogP contribution in [0.3, 0.4) is 0 Å². The van der Waals surface area contributed by atoms with E-state index in [0.29, 0.717) is 11.3 Å². The maximum Gasteiger partial charge on any atom is 0.340 e. The quantitative estimate of drug-likeness (QED) is 0.812. The van der Waals surface area contributed by atoms with E-state index in [1.54, 1.807) is 13.8 Å². The maximum atomic E-state index is 12.4. The van der Waals surface area contributed by atoms with Crippen molar-refractivity contribution < 1.29 is 19.1 Å². The van der Waals surface area contributed by atoms with Crippen molar-refractivity contribution in [2.75, 3.05) is 6.61 Å². The molecule has 1 aliphatic rings. The largest absolute Gasteiger partial charge is 0.462 e. The van der Waals surface area contributed by atoms with Crippen LogP contribution in [0, 0.1) is 0 Å². The second-order valence-corrected chi connectivity index (χ2v) is 6.03. The highest BCUT2D eigenvalue weighted by Gasteiger charge is 2.37. The summed E-state index contributed by atoms with van der Waals surface area (Å²) in [7, 11) is 0. The van der Waals surface area contributed by atoms with Crippen molar-refractivity contribution in [1.29, 1.82) is 0 Å². The zero-order valence-corrected chi connectivity index (χ0v) is 14.8. The Hall–Kier alpha value is -2.08. The molecule has 0 unspecified atom stereocenters. The number of rotatable bonds is 4. The molecule has 2 N–H and O–H groups in total. The number of Topliss-reactive ketones (excluding diaryl/α,β-unsaturated/α-hetero) is 1. The molecule has 1 aromatic carbocycles. The molecule has 6 heteroatoms. The fraction of sp³-hybridized carbons (Fsp3) is 0.294. The summed E-state index contributed by atoms with van der Waals surface area (Å²) in [4.78, 5) is 24.5. The van der Waals surface area contributed by atoms with Gasteiger partial charge in [-0.3, -0.25) is 4.79 Å². The van der Waals surface area contributed by atoms with E-state index in [2.05, 4.69) is 15.9 Å². The lowest BCUT2D eigenvalue weighted by Crippen LogP contribution is -2.28. The average molecular weight is 380 g/mol. The third kappa shape index (κ3) is 3.47. The summed E-state index contributed by atoms with van der Waals surface area (Å²) < 4.78 is 11.4. The number of hydrogen-bond acceptors (Lipinski definition) is 5. The Balaban J connectivity index is 2.65. The number of nitrogens with two attached hydrogens (primary N) is 1. The molecule has 0 aromatic heterocycles. The van der Waals surface area contributed by atoms with Crippen LogP contribution >= 0.6 is 15.9 Å². The summed E-state index contributed by atoms with van der Waals surface area (Å²) in [6.45, 7) is 5.02. The van der Waals surface area contributed by atoms with Gasteiger partial charge < -0.3 is 15.2 Å². The van der Waals surface area contributed by atoms with Crippen molar-refractivity contribution in [3.05, 3.63) is 57.1 Å². The maximum absolute atomic E-state index is 12.4. The molecule has 0 fully saturated rings. The van der Waals surface area contributed by atoms with E-state index in [4.69, 9.17) is 15.2 Å². The average Bonchev–Trinajstić information content (AvgIpc) is 2.46. The number of ketones is 1.